The number of aromatic hydroxyl groups is 1. The molecule has 3 atom stereocenters. The molecule has 4 rings (SSSR count). The molecule has 0 aromatic heterocycles. The number of phenols is 1. The largest absolute Gasteiger partial charge is 0.504 e. The molecule has 1 fully saturated rings. The van der Waals surface area contributed by atoms with Gasteiger partial charge in [0.25, 0.3) is 5.91 Å². The maximum absolute atomic E-state index is 11.9. The van der Waals surface area contributed by atoms with Gasteiger partial charge in [0.1, 0.15) is 12.2 Å². The Labute approximate surface area is 143 Å². The number of amides is 1. The molecule has 134 valence electrons. The van der Waals surface area contributed by atoms with Crippen molar-refractivity contribution in [3.05, 3.63) is 23.3 Å². The fourth-order valence-corrected chi connectivity index (χ4v) is 3.62. The third kappa shape index (κ3) is 2.53. The van der Waals surface area contributed by atoms with E-state index in [0.29, 0.717) is 23.3 Å². The van der Waals surface area contributed by atoms with Crippen LogP contribution in [0.3, 0.4) is 0 Å². The summed E-state index contributed by atoms with van der Waals surface area (Å²) in [5, 5.41) is 20.8. The van der Waals surface area contributed by atoms with E-state index < -0.39 is 23.9 Å². The van der Waals surface area contributed by atoms with Gasteiger partial charge in [0.15, 0.2) is 17.3 Å². The molecule has 0 saturated carbocycles. The predicted molar refractivity (Wildman–Crippen MR) is 85.2 cm³/mol. The molecule has 1 aliphatic carbocycles. The smallest absolute Gasteiger partial charge is 0.253 e. The first-order valence-electron chi connectivity index (χ1n) is 7.97. The molecule has 8 heteroatoms. The van der Waals surface area contributed by atoms with E-state index in [4.69, 9.17) is 24.7 Å². The summed E-state index contributed by atoms with van der Waals surface area (Å²) in [5.74, 6) is -1.55. The molecule has 2 heterocycles. The van der Waals surface area contributed by atoms with E-state index >= 15 is 0 Å². The Bertz CT molecular complexity index is 786. The average Bonchev–Trinajstić information content (AvgIpc) is 3.09. The third-order valence-corrected chi connectivity index (χ3v) is 4.58. The summed E-state index contributed by atoms with van der Waals surface area (Å²) < 4.78 is 22.1. The van der Waals surface area contributed by atoms with Crippen molar-refractivity contribution in [3.63, 3.8) is 0 Å². The number of hydrogen-bond donors (Lipinski definition) is 3. The Kier molecular flexibility index (Phi) is 3.47. The van der Waals surface area contributed by atoms with Gasteiger partial charge in [-0.2, -0.15) is 0 Å². The van der Waals surface area contributed by atoms with Gasteiger partial charge in [-0.1, -0.05) is 0 Å². The molecular formula is C17H19NO7. The predicted octanol–water partition coefficient (Wildman–Crippen LogP) is 0.888. The Morgan fingerprint density at radius 2 is 2.08 bits per heavy atom. The molecule has 1 amide bonds. The van der Waals surface area contributed by atoms with Crippen LogP contribution in [0.5, 0.6) is 17.2 Å². The van der Waals surface area contributed by atoms with Crippen LogP contribution in [0.1, 0.15) is 36.2 Å². The molecule has 4 N–H and O–H groups in total. The van der Waals surface area contributed by atoms with Gasteiger partial charge in [0.05, 0.1) is 11.7 Å². The van der Waals surface area contributed by atoms with Crippen molar-refractivity contribution in [2.45, 2.75) is 44.4 Å². The van der Waals surface area contributed by atoms with Crippen molar-refractivity contribution in [1.82, 2.24) is 0 Å². The fourth-order valence-electron chi connectivity index (χ4n) is 3.62. The molecule has 1 aromatic rings. The minimum Gasteiger partial charge on any atom is -0.504 e. The fraction of sp³-hybridized carbons (Fsp3) is 0.471. The normalized spacial score (nSPS) is 29.2. The highest BCUT2D eigenvalue weighted by atomic mass is 16.8. The average molecular weight is 349 g/mol. The van der Waals surface area contributed by atoms with E-state index in [2.05, 4.69) is 0 Å². The molecule has 0 spiro atoms. The van der Waals surface area contributed by atoms with Gasteiger partial charge in [0.2, 0.25) is 12.5 Å². The first kappa shape index (κ1) is 16.2. The number of primary amides is 1. The van der Waals surface area contributed by atoms with Crippen LogP contribution in [0.25, 0.3) is 5.57 Å². The third-order valence-electron chi connectivity index (χ3n) is 4.58. The molecule has 1 aromatic carbocycles. The van der Waals surface area contributed by atoms with Crippen molar-refractivity contribution >= 4 is 11.5 Å². The van der Waals surface area contributed by atoms with Crippen molar-refractivity contribution in [2.75, 3.05) is 6.79 Å². The standard InChI is InChI=1S/C17H19NO7/c1-17(2)24-11-4-7(3-9(19)14(11)25-17)8-5-10-15(23-6-22-10)13(20)12(8)16(18)21/h3,5,9,11,14,19-20H,4,6H2,1-2H3,(H2,18,21)/t9-,11-,14+/m0/s1. The van der Waals surface area contributed by atoms with Crippen molar-refractivity contribution in [2.24, 2.45) is 5.73 Å². The van der Waals surface area contributed by atoms with Crippen molar-refractivity contribution in [3.8, 4) is 17.2 Å². The monoisotopic (exact) mass is 349 g/mol. The van der Waals surface area contributed by atoms with Crippen molar-refractivity contribution < 1.29 is 34.0 Å². The Balaban J connectivity index is 1.79. The molecule has 3 aliphatic rings. The molecule has 0 bridgehead atoms. The summed E-state index contributed by atoms with van der Waals surface area (Å²) in [4.78, 5) is 11.9. The van der Waals surface area contributed by atoms with Gasteiger partial charge >= 0.3 is 0 Å². The Morgan fingerprint density at radius 3 is 2.80 bits per heavy atom. The van der Waals surface area contributed by atoms with E-state index in [1.165, 1.54) is 0 Å². The molecule has 1 saturated heterocycles. The topological polar surface area (TPSA) is 120 Å². The summed E-state index contributed by atoms with van der Waals surface area (Å²) >= 11 is 0. The van der Waals surface area contributed by atoms with Crippen LogP contribution < -0.4 is 15.2 Å². The maximum Gasteiger partial charge on any atom is 0.253 e. The number of rotatable bonds is 2. The van der Waals surface area contributed by atoms with E-state index in [-0.39, 0.29) is 30.0 Å². The number of hydrogen-bond acceptors (Lipinski definition) is 7. The van der Waals surface area contributed by atoms with E-state index in [1.54, 1.807) is 26.0 Å². The number of carbonyl (C=O) groups excluding carboxylic acids is 1. The summed E-state index contributed by atoms with van der Waals surface area (Å²) in [6, 6.07) is 1.59. The Hall–Kier alpha value is -2.29. The highest BCUT2D eigenvalue weighted by molar-refractivity contribution is 6.02. The van der Waals surface area contributed by atoms with Crippen LogP contribution in [0, 0.1) is 0 Å². The van der Waals surface area contributed by atoms with Crippen LogP contribution in [0.4, 0.5) is 0 Å². The number of nitrogens with two attached hydrogens (primary N) is 1. The van der Waals surface area contributed by atoms with Gasteiger partial charge in [0, 0.05) is 6.42 Å². The van der Waals surface area contributed by atoms with Crippen LogP contribution in [-0.2, 0) is 9.47 Å². The van der Waals surface area contributed by atoms with Crippen LogP contribution in [0.2, 0.25) is 0 Å². The second kappa shape index (κ2) is 5.35. The van der Waals surface area contributed by atoms with Crippen LogP contribution >= 0.6 is 0 Å². The summed E-state index contributed by atoms with van der Waals surface area (Å²) in [5.41, 5.74) is 6.40. The van der Waals surface area contributed by atoms with E-state index in [9.17, 15) is 15.0 Å². The lowest BCUT2D eigenvalue weighted by Crippen LogP contribution is -2.37. The number of aliphatic hydroxyl groups is 1. The minimum absolute atomic E-state index is 0.0535. The zero-order valence-corrected chi connectivity index (χ0v) is 13.8. The first-order valence-corrected chi connectivity index (χ1v) is 7.97. The van der Waals surface area contributed by atoms with Gasteiger partial charge in [-0.05, 0) is 37.1 Å². The van der Waals surface area contributed by atoms with E-state index in [1.807, 2.05) is 0 Å². The second-order valence-electron chi connectivity index (χ2n) is 6.77. The minimum atomic E-state index is -0.913. The number of carbonyl (C=O) groups is 1. The maximum atomic E-state index is 11.9. The van der Waals surface area contributed by atoms with Gasteiger partial charge in [-0.15, -0.1) is 0 Å². The quantitative estimate of drug-likeness (QED) is 0.725. The van der Waals surface area contributed by atoms with Crippen LogP contribution in [0.15, 0.2) is 12.1 Å². The lowest BCUT2D eigenvalue weighted by atomic mass is 9.86. The summed E-state index contributed by atoms with van der Waals surface area (Å²) in [6.45, 7) is 3.50. The van der Waals surface area contributed by atoms with Crippen molar-refractivity contribution in [1.29, 1.82) is 0 Å². The summed E-state index contributed by atoms with van der Waals surface area (Å²) in [6.07, 6.45) is 0.209. The van der Waals surface area contributed by atoms with Gasteiger partial charge in [-0.3, -0.25) is 4.79 Å². The molecule has 0 unspecified atom stereocenters. The van der Waals surface area contributed by atoms with Gasteiger partial charge in [-0.25, -0.2) is 0 Å². The number of fused-ring (bicyclic) bond motifs is 2. The molecule has 8 nitrogen and oxygen atoms in total. The number of benzene rings is 1. The first-order chi connectivity index (χ1) is 11.8. The highest BCUT2D eigenvalue weighted by Gasteiger charge is 2.47. The molecule has 2 aliphatic heterocycles. The molecular weight excluding hydrogens is 330 g/mol. The second-order valence-corrected chi connectivity index (χ2v) is 6.77. The SMILES string of the molecule is CC1(C)O[C@H]2[C@H](CC(c3cc4c(c(O)c3C(N)=O)OCO4)=C[C@@H]2O)O1. The summed E-state index contributed by atoms with van der Waals surface area (Å²) in [7, 11) is 0. The zero-order valence-electron chi connectivity index (χ0n) is 13.8. The Morgan fingerprint density at radius 1 is 1.32 bits per heavy atom. The van der Waals surface area contributed by atoms with E-state index in [0.717, 1.165) is 0 Å². The van der Waals surface area contributed by atoms with Gasteiger partial charge < -0.3 is 34.9 Å². The lowest BCUT2D eigenvalue weighted by molar-refractivity contribution is -0.151. The molecule has 0 radical (unpaired) electrons. The zero-order chi connectivity index (χ0) is 17.9. The molecule has 25 heavy (non-hydrogen) atoms. The number of ether oxygens (including phenoxy) is 4. The van der Waals surface area contributed by atoms with Crippen LogP contribution in [-0.4, -0.2) is 47.0 Å². The highest BCUT2D eigenvalue weighted by Crippen LogP contribution is 2.48. The number of aliphatic hydroxyl groups excluding tert-OH is 1. The lowest BCUT2D eigenvalue weighted by Gasteiger charge is -2.28.